The van der Waals surface area contributed by atoms with Crippen molar-refractivity contribution in [3.8, 4) is 0 Å². The number of esters is 1. The summed E-state index contributed by atoms with van der Waals surface area (Å²) in [5.41, 5.74) is 6.02. The van der Waals surface area contributed by atoms with Gasteiger partial charge in [-0.1, -0.05) is 30.3 Å². The number of fused-ring (bicyclic) bond motifs is 1. The Morgan fingerprint density at radius 1 is 1.30 bits per heavy atom. The molecule has 2 fully saturated rings. The molecule has 2 aliphatic heterocycles. The third-order valence-electron chi connectivity index (χ3n) is 5.95. The van der Waals surface area contributed by atoms with Crippen LogP contribution >= 0.6 is 10.0 Å². The molecular formula is C20H27N3O6S. The lowest BCUT2D eigenvalue weighted by molar-refractivity contribution is -0.162. The number of benzene rings is 1. The molecule has 3 N–H and O–H groups in total. The first-order valence-electron chi connectivity index (χ1n) is 9.53. The Kier molecular flexibility index (Phi) is 5.83. The Bertz CT molecular complexity index is 877. The number of carbonyl (C=O) groups excluding carboxylic acids is 4. The summed E-state index contributed by atoms with van der Waals surface area (Å²) in [7, 11) is -1.18. The molecule has 0 aromatic heterocycles. The van der Waals surface area contributed by atoms with Gasteiger partial charge in [0.15, 0.2) is 0 Å². The quantitative estimate of drug-likeness (QED) is 0.499. The molecule has 1 aromatic carbocycles. The second-order valence-corrected chi connectivity index (χ2v) is 11.9. The molecule has 2 heterocycles. The highest BCUT2D eigenvalue weighted by Gasteiger charge is 2.72. The number of rotatable bonds is 6. The topological polar surface area (TPSA) is 130 Å². The van der Waals surface area contributed by atoms with Gasteiger partial charge in [-0.05, 0) is 19.4 Å². The first kappa shape index (κ1) is 22.1. The van der Waals surface area contributed by atoms with E-state index in [9.17, 15) is 24.3 Å². The molecule has 3 atom stereocenters. The standard InChI is InChI=1S/C20H27N3O6S/c1-20(2)17(18(27)29-11-13-7-5-4-6-8-13)23-15(26)9-16(23)30(20,12-24)19(28)22(3)10-14(21)25/h4-8,16-17,24H,9-12H2,1-3H3,(H2,21,25)/t16-,17+/m1/s1. The molecule has 3 amide bonds. The van der Waals surface area contributed by atoms with Gasteiger partial charge in [0.2, 0.25) is 11.8 Å². The van der Waals surface area contributed by atoms with Gasteiger partial charge in [-0.15, -0.1) is 10.0 Å². The van der Waals surface area contributed by atoms with Crippen LogP contribution in [0.15, 0.2) is 30.3 Å². The summed E-state index contributed by atoms with van der Waals surface area (Å²) < 4.78 is 4.43. The average Bonchev–Trinajstić information content (AvgIpc) is 2.86. The van der Waals surface area contributed by atoms with Crippen LogP contribution in [-0.2, 0) is 25.7 Å². The summed E-state index contributed by atoms with van der Waals surface area (Å²) in [4.78, 5) is 52.8. The molecule has 3 rings (SSSR count). The number of nitrogens with two attached hydrogens (primary N) is 1. The van der Waals surface area contributed by atoms with E-state index in [-0.39, 0.29) is 25.5 Å². The summed E-state index contributed by atoms with van der Waals surface area (Å²) in [5, 5.41) is 9.37. The van der Waals surface area contributed by atoms with Gasteiger partial charge in [-0.25, -0.2) is 4.79 Å². The second-order valence-electron chi connectivity index (χ2n) is 8.07. The van der Waals surface area contributed by atoms with Gasteiger partial charge in [-0.3, -0.25) is 14.4 Å². The number of hydrogen-bond donors (Lipinski definition) is 2. The fourth-order valence-corrected chi connectivity index (χ4v) is 8.65. The molecule has 30 heavy (non-hydrogen) atoms. The number of β-lactam (4-membered cyclic amide) rings is 1. The van der Waals surface area contributed by atoms with E-state index in [0.29, 0.717) is 0 Å². The van der Waals surface area contributed by atoms with Crippen molar-refractivity contribution in [3.05, 3.63) is 35.9 Å². The monoisotopic (exact) mass is 437 g/mol. The summed E-state index contributed by atoms with van der Waals surface area (Å²) in [5.74, 6) is -2.06. The van der Waals surface area contributed by atoms with Crippen LogP contribution in [0.1, 0.15) is 25.8 Å². The van der Waals surface area contributed by atoms with E-state index in [1.165, 1.54) is 16.8 Å². The molecule has 9 nitrogen and oxygen atoms in total. The Balaban J connectivity index is 1.91. The van der Waals surface area contributed by atoms with Gasteiger partial charge in [0.05, 0.1) is 24.3 Å². The third kappa shape index (κ3) is 3.24. The highest BCUT2D eigenvalue weighted by Crippen LogP contribution is 2.74. The summed E-state index contributed by atoms with van der Waals surface area (Å²) in [6.07, 6.45) is 0.0674. The van der Waals surface area contributed by atoms with Crippen LogP contribution < -0.4 is 5.73 Å². The van der Waals surface area contributed by atoms with E-state index in [4.69, 9.17) is 10.5 Å². The van der Waals surface area contributed by atoms with Crippen molar-refractivity contribution < 1.29 is 29.0 Å². The third-order valence-corrected chi connectivity index (χ3v) is 10.7. The highest BCUT2D eigenvalue weighted by atomic mass is 32.3. The number of hydrogen-bond acceptors (Lipinski definition) is 6. The Morgan fingerprint density at radius 2 is 1.93 bits per heavy atom. The van der Waals surface area contributed by atoms with Crippen LogP contribution in [0.2, 0.25) is 0 Å². The Labute approximate surface area is 176 Å². The molecule has 2 aliphatic rings. The number of primary amides is 1. The Hall–Kier alpha value is -2.59. The van der Waals surface area contributed by atoms with Crippen LogP contribution in [0.5, 0.6) is 0 Å². The minimum atomic E-state index is -2.61. The molecule has 10 heteroatoms. The number of likely N-dealkylation sites (N-methyl/N-ethyl adjacent to an activating group) is 1. The zero-order chi connectivity index (χ0) is 22.3. The normalized spacial score (nSPS) is 28.7. The lowest BCUT2D eigenvalue weighted by Gasteiger charge is -2.50. The first-order valence-corrected chi connectivity index (χ1v) is 11.4. The smallest absolute Gasteiger partial charge is 0.330 e. The van der Waals surface area contributed by atoms with E-state index in [1.54, 1.807) is 13.8 Å². The van der Waals surface area contributed by atoms with Crippen LogP contribution in [-0.4, -0.2) is 73.6 Å². The minimum absolute atomic E-state index is 0.0376. The molecule has 0 radical (unpaired) electrons. The van der Waals surface area contributed by atoms with E-state index < -0.39 is 49.2 Å². The molecule has 0 spiro atoms. The number of aliphatic hydroxyl groups is 1. The van der Waals surface area contributed by atoms with Crippen molar-refractivity contribution in [2.45, 2.75) is 43.0 Å². The number of aliphatic hydroxyl groups excluding tert-OH is 1. The highest BCUT2D eigenvalue weighted by molar-refractivity contribution is 8.46. The lowest BCUT2D eigenvalue weighted by Crippen LogP contribution is -2.57. The SMILES string of the molecule is CN(CC(N)=O)C(=O)S1(CO)[C@@H]2CC(=O)N2[C@@H](C(=O)OCc2ccccc2)C1(C)C. The zero-order valence-corrected chi connectivity index (χ0v) is 18.1. The molecular weight excluding hydrogens is 410 g/mol. The maximum Gasteiger partial charge on any atom is 0.330 e. The van der Waals surface area contributed by atoms with Crippen molar-refractivity contribution in [2.75, 3.05) is 19.5 Å². The van der Waals surface area contributed by atoms with Crippen molar-refractivity contribution in [1.29, 1.82) is 0 Å². The molecule has 1 aromatic rings. The zero-order valence-electron chi connectivity index (χ0n) is 17.2. The van der Waals surface area contributed by atoms with Crippen molar-refractivity contribution in [2.24, 2.45) is 5.73 Å². The van der Waals surface area contributed by atoms with Gasteiger partial charge >= 0.3 is 5.97 Å². The predicted molar refractivity (Wildman–Crippen MR) is 111 cm³/mol. The summed E-state index contributed by atoms with van der Waals surface area (Å²) in [6, 6.07) is 8.13. The van der Waals surface area contributed by atoms with Gasteiger partial charge in [0.1, 0.15) is 12.6 Å². The minimum Gasteiger partial charge on any atom is -0.459 e. The fourth-order valence-electron chi connectivity index (χ4n) is 4.36. The summed E-state index contributed by atoms with van der Waals surface area (Å²) >= 11 is 0. The molecule has 0 saturated carbocycles. The molecule has 164 valence electrons. The van der Waals surface area contributed by atoms with Gasteiger partial charge in [-0.2, -0.15) is 0 Å². The average molecular weight is 438 g/mol. The van der Waals surface area contributed by atoms with Gasteiger partial charge in [0.25, 0.3) is 5.24 Å². The van der Waals surface area contributed by atoms with Crippen LogP contribution in [0, 0.1) is 0 Å². The number of nitrogens with zero attached hydrogens (tertiary/aromatic N) is 2. The van der Waals surface area contributed by atoms with Crippen LogP contribution in [0.4, 0.5) is 4.79 Å². The first-order chi connectivity index (χ1) is 14.1. The number of carbonyl (C=O) groups is 4. The van der Waals surface area contributed by atoms with Crippen LogP contribution in [0.25, 0.3) is 0 Å². The molecule has 2 saturated heterocycles. The van der Waals surface area contributed by atoms with Crippen molar-refractivity contribution in [1.82, 2.24) is 9.80 Å². The van der Waals surface area contributed by atoms with E-state index in [2.05, 4.69) is 0 Å². The van der Waals surface area contributed by atoms with E-state index >= 15 is 0 Å². The predicted octanol–water partition coefficient (Wildman–Crippen LogP) is 0.741. The fraction of sp³-hybridized carbons (Fsp3) is 0.500. The molecule has 0 aliphatic carbocycles. The van der Waals surface area contributed by atoms with Crippen molar-refractivity contribution in [3.63, 3.8) is 0 Å². The van der Waals surface area contributed by atoms with E-state index in [0.717, 1.165) is 5.56 Å². The summed E-state index contributed by atoms with van der Waals surface area (Å²) in [6.45, 7) is 3.13. The Morgan fingerprint density at radius 3 is 2.47 bits per heavy atom. The number of ether oxygens (including phenoxy) is 1. The second kappa shape index (κ2) is 7.92. The van der Waals surface area contributed by atoms with Gasteiger partial charge < -0.3 is 25.4 Å². The van der Waals surface area contributed by atoms with Crippen molar-refractivity contribution >= 4 is 33.1 Å². The maximum atomic E-state index is 13.4. The van der Waals surface area contributed by atoms with Crippen LogP contribution in [0.3, 0.4) is 0 Å². The largest absolute Gasteiger partial charge is 0.459 e. The number of amides is 3. The molecule has 0 bridgehead atoms. The maximum absolute atomic E-state index is 13.4. The van der Waals surface area contributed by atoms with E-state index in [1.807, 2.05) is 30.3 Å². The van der Waals surface area contributed by atoms with Gasteiger partial charge in [0, 0.05) is 11.8 Å². The lowest BCUT2D eigenvalue weighted by atomic mass is 9.98. The molecule has 1 unspecified atom stereocenters.